The zero-order chi connectivity index (χ0) is 109. The Labute approximate surface area is 879 Å². The molecular weight excluding hydrogens is 1750 g/mol. The van der Waals surface area contributed by atoms with Crippen LogP contribution in [0.3, 0.4) is 0 Å². The number of unbranched alkanes of at least 4 members (excludes halogenated alkanes) is 20. The van der Waals surface area contributed by atoms with Crippen molar-refractivity contribution in [3.05, 3.63) is 376 Å². The molecule has 6 aliphatic carbocycles. The van der Waals surface area contributed by atoms with E-state index in [1.165, 1.54) is 341 Å². The van der Waals surface area contributed by atoms with Crippen LogP contribution in [0.15, 0.2) is 318 Å². The number of fused-ring (bicyclic) bond motifs is 26. The van der Waals surface area contributed by atoms with E-state index in [1.54, 1.807) is 22.3 Å². The zero-order valence-corrected chi connectivity index (χ0v) is 88.0. The first-order valence-electron chi connectivity index (χ1n) is 61.1. The topological polar surface area (TPSA) is 29.5 Å². The van der Waals surface area contributed by atoms with Crippen molar-refractivity contribution < 1.29 is 25.1 Å². The van der Waals surface area contributed by atoms with Crippen LogP contribution >= 0.6 is 0 Å². The lowest BCUT2D eigenvalue weighted by atomic mass is 9.70. The zero-order valence-electron chi connectivity index (χ0n) is 98.0. The maximum Gasteiger partial charge on any atom is 0.143 e. The molecule has 2 heterocycles. The highest BCUT2D eigenvalue weighted by Gasteiger charge is 2.48. The first kappa shape index (κ1) is 88.4. The van der Waals surface area contributed by atoms with Crippen LogP contribution in [0, 0.1) is 0 Å². The van der Waals surface area contributed by atoms with Crippen molar-refractivity contribution in [3.8, 4) is 122 Å². The molecule has 24 rings (SSSR count). The maximum absolute atomic E-state index is 7.36. The van der Waals surface area contributed by atoms with E-state index >= 15 is 0 Å². The molecule has 0 radical (unpaired) electrons. The minimum atomic E-state index is -0.442. The van der Waals surface area contributed by atoms with Crippen LogP contribution < -0.4 is 4.90 Å². The highest BCUT2D eigenvalue weighted by Crippen LogP contribution is 2.64. The minimum absolute atomic E-state index is 0. The monoisotopic (exact) mass is 1920 g/mol. The van der Waals surface area contributed by atoms with Gasteiger partial charge in [-0.05, 0) is 289 Å². The van der Waals surface area contributed by atoms with Gasteiger partial charge in [0.1, 0.15) is 22.3 Å². The van der Waals surface area contributed by atoms with Gasteiger partial charge in [0.05, 0.1) is 5.69 Å². The fraction of sp³-hybridized carbons (Fsp3) is 0.324. The third kappa shape index (κ3) is 15.6. The van der Waals surface area contributed by atoms with E-state index in [9.17, 15) is 0 Å². The summed E-state index contributed by atoms with van der Waals surface area (Å²) in [6.07, 6.45) is 36.3. The molecule has 0 unspecified atom stereocenters. The van der Waals surface area contributed by atoms with Crippen LogP contribution in [0.2, 0.25) is 0 Å². The number of anilines is 3. The molecular formula is C142H155NO2. The average Bonchev–Trinajstić information content (AvgIpc) is 1.55. The molecule has 6 aliphatic rings. The fourth-order valence-electron chi connectivity index (χ4n) is 28.4. The molecule has 145 heavy (non-hydrogen) atoms. The van der Waals surface area contributed by atoms with Crippen molar-refractivity contribution in [2.24, 2.45) is 0 Å². The molecule has 0 atom stereocenters. The highest BCUT2D eigenvalue weighted by molar-refractivity contribution is 6.21. The van der Waals surface area contributed by atoms with Crippen molar-refractivity contribution in [1.82, 2.24) is 0 Å². The Morgan fingerprint density at radius 2 is 0.497 bits per heavy atom. The van der Waals surface area contributed by atoms with Gasteiger partial charge in [0.15, 0.2) is 0 Å². The summed E-state index contributed by atoms with van der Waals surface area (Å²) < 4.78 is 64.7. The van der Waals surface area contributed by atoms with Gasteiger partial charge in [-0.1, -0.05) is 456 Å². The SMILES string of the molecule is CCCCCCCCC1(CCCCCCCC)c2ccccc2-c2ccc(-c3ccc4c(c3)C(C)(C)c3cc(-c5cc6c(c7c5oc5ccccc57)-c5ccc(N(c7ccc8c(c7)C(C)(C)c7cc(-c9ccc%10c(c9)C(C)(C)c9cc(-c%11ccc%12c(c%11)C(CCCCCCCC)(CCCCCCCC)c%11ccccc%11-%12)ccc9-%10)c9oc%10ccccc%10c9c7-8)c7ccccc7-c7ccccc7)cc5C6(C)C)ccc3-4)cc21.[2HH].[2H][2H].[2H][2H].[2H][2H].[2H][2H].[2H][2H]. The van der Waals surface area contributed by atoms with Crippen molar-refractivity contribution in [2.45, 2.75) is 295 Å². The molecule has 0 amide bonds. The Morgan fingerprint density at radius 3 is 0.883 bits per heavy atom. The predicted molar refractivity (Wildman–Crippen MR) is 630 cm³/mol. The minimum Gasteiger partial charge on any atom is -0.455 e. The van der Waals surface area contributed by atoms with Crippen molar-refractivity contribution in [2.75, 3.05) is 4.90 Å². The van der Waals surface area contributed by atoms with Gasteiger partial charge in [0.2, 0.25) is 0 Å². The van der Waals surface area contributed by atoms with Crippen molar-refractivity contribution >= 4 is 60.9 Å². The number of furan rings is 2. The lowest BCUT2D eigenvalue weighted by Gasteiger charge is -2.33. The summed E-state index contributed by atoms with van der Waals surface area (Å²) in [6, 6.07) is 121. The van der Waals surface area contributed by atoms with Crippen LogP contribution in [-0.2, 0) is 32.5 Å². The number of nitrogens with zero attached hydrogens (tertiary/aromatic N) is 1. The summed E-state index contributed by atoms with van der Waals surface area (Å²) in [5.74, 6) is 0. The first-order valence-corrected chi connectivity index (χ1v) is 56.1. The summed E-state index contributed by atoms with van der Waals surface area (Å²) in [5.41, 5.74) is 50.9. The number of hydrogen-bond donors (Lipinski definition) is 0. The Kier molecular flexibility index (Phi) is 23.0. The second kappa shape index (κ2) is 37.8. The summed E-state index contributed by atoms with van der Waals surface area (Å²) >= 11 is 0. The molecule has 740 valence electrons. The van der Waals surface area contributed by atoms with Crippen LogP contribution in [-0.4, -0.2) is 0 Å². The summed E-state index contributed by atoms with van der Waals surface area (Å²) in [5, 5.41) is 4.64. The van der Waals surface area contributed by atoms with Gasteiger partial charge in [0.25, 0.3) is 0 Å². The van der Waals surface area contributed by atoms with Crippen LogP contribution in [0.1, 0.15) is 346 Å². The van der Waals surface area contributed by atoms with E-state index < -0.39 is 10.8 Å². The lowest BCUT2D eigenvalue weighted by Crippen LogP contribution is -2.25. The fourth-order valence-corrected chi connectivity index (χ4v) is 28.4. The van der Waals surface area contributed by atoms with Gasteiger partial charge >= 0.3 is 0 Å². The second-order valence-corrected chi connectivity index (χ2v) is 46.4. The molecule has 0 N–H and O–H groups in total. The van der Waals surface area contributed by atoms with Gasteiger partial charge < -0.3 is 13.7 Å². The van der Waals surface area contributed by atoms with Gasteiger partial charge in [0, 0.05) is 98.4 Å². The van der Waals surface area contributed by atoms with Gasteiger partial charge in [-0.2, -0.15) is 0 Å². The number of benzene rings is 16. The number of para-hydroxylation sites is 3. The molecule has 2 aromatic heterocycles. The smallest absolute Gasteiger partial charge is 0.143 e. The number of hydrogen-bond acceptors (Lipinski definition) is 3. The molecule has 3 heteroatoms. The van der Waals surface area contributed by atoms with E-state index in [0.29, 0.717) is 0 Å². The Bertz CT molecular complexity index is 7670. The van der Waals surface area contributed by atoms with E-state index in [2.05, 4.69) is 397 Å². The van der Waals surface area contributed by atoms with E-state index in [1.807, 2.05) is 0 Å². The normalized spacial score (nSPS) is 15.4. The quantitative estimate of drug-likeness (QED) is 0.0367. The summed E-state index contributed by atoms with van der Waals surface area (Å²) in [7, 11) is 0. The van der Waals surface area contributed by atoms with Crippen LogP contribution in [0.4, 0.5) is 17.1 Å². The Balaban J connectivity index is 0.00000139. The average molecular weight is 1920 g/mol. The summed E-state index contributed by atoms with van der Waals surface area (Å²) in [6.45, 7) is 29.1. The Hall–Kier alpha value is -13.1. The van der Waals surface area contributed by atoms with E-state index in [4.69, 9.17) is 23.7 Å². The predicted octanol–water partition coefficient (Wildman–Crippen LogP) is 43.5. The molecule has 16 aromatic carbocycles. The van der Waals surface area contributed by atoms with Gasteiger partial charge in [-0.3, -0.25) is 0 Å². The third-order valence-corrected chi connectivity index (χ3v) is 36.3. The van der Waals surface area contributed by atoms with Crippen LogP contribution in [0.5, 0.6) is 0 Å². The van der Waals surface area contributed by atoms with Crippen molar-refractivity contribution in [1.29, 1.82) is 0 Å². The molecule has 0 fully saturated rings. The van der Waals surface area contributed by atoms with Gasteiger partial charge in [-0.15, -0.1) is 0 Å². The maximum atomic E-state index is 7.36. The third-order valence-electron chi connectivity index (χ3n) is 36.3. The standard InChI is InChI=1S/C142H143NO2.6H2/c1-13-17-21-25-29-46-78-141(79-47-30-26-22-18-14-2)116-57-41-36-53-102(116)108-72-64-95(84-124(108)141)93-62-70-104-106-74-66-97(86-120(106)137(5,6)118(104)82-93)114-90-126-131(133-112-55-39-44-60-129(112)144-135(114)133)110-76-68-99(88-122(110)139(126,9)10)143(128-59-43-38-52-101(128)92-50-34-33-35-51-92)100-69-77-111-123(89-100)140(11,12)127-91-115(136-134(132(111)127)113-56-40-45-61-130(113)145-136)98-67-75-107-105-71-63-94(83-119(105)138(7,8)121(107)87-98)96-65-73-109-103-54-37-42-58-117(103)142(125(109)85-96,80-48-31-27-23-19-15-3)81-49-32-28-24-20-16-4;;;;;;/h33-45,50-77,82-91H,13-32,46-49,78-81H2,1-12H3;6*1H/i;5*1+1D;1+1. The molecule has 0 aliphatic heterocycles. The largest absolute Gasteiger partial charge is 0.455 e. The molecule has 18 aromatic rings. The second-order valence-electron chi connectivity index (χ2n) is 46.4. The first-order chi connectivity index (χ1) is 75.8. The molecule has 0 spiro atoms. The van der Waals surface area contributed by atoms with E-state index in [0.717, 1.165) is 66.9 Å². The van der Waals surface area contributed by atoms with Crippen LogP contribution in [0.25, 0.3) is 166 Å². The molecule has 0 bridgehead atoms. The number of rotatable bonds is 36. The molecule has 0 saturated carbocycles. The van der Waals surface area contributed by atoms with E-state index in [-0.39, 0.29) is 23.1 Å². The lowest BCUT2D eigenvalue weighted by molar-refractivity contribution is 0.398. The van der Waals surface area contributed by atoms with Gasteiger partial charge in [-0.25, -0.2) is 0 Å². The summed E-state index contributed by atoms with van der Waals surface area (Å²) in [4.78, 5) is 2.57. The highest BCUT2D eigenvalue weighted by atomic mass is 16.3. The molecule has 0 saturated heterocycles. The van der Waals surface area contributed by atoms with Crippen molar-refractivity contribution in [3.63, 3.8) is 0 Å². The molecule has 3 nitrogen and oxygen atoms in total. The Morgan fingerprint density at radius 1 is 0.214 bits per heavy atom.